The first-order valence-electron chi connectivity index (χ1n) is 8.28. The van der Waals surface area contributed by atoms with E-state index in [1.54, 1.807) is 6.07 Å². The number of methoxy groups -OCH3 is 1. The summed E-state index contributed by atoms with van der Waals surface area (Å²) in [5.41, 5.74) is 0.808. The van der Waals surface area contributed by atoms with E-state index < -0.39 is 0 Å². The molecule has 1 aromatic carbocycles. The number of ether oxygens (including phenoxy) is 1. The van der Waals surface area contributed by atoms with Gasteiger partial charge in [-0.05, 0) is 55.8 Å². The minimum atomic E-state index is -0.175. The molecule has 0 aliphatic heterocycles. The lowest BCUT2D eigenvalue weighted by molar-refractivity contribution is 0.295. The fourth-order valence-electron chi connectivity index (χ4n) is 3.48. The molecule has 1 aromatic rings. The van der Waals surface area contributed by atoms with Gasteiger partial charge in [0.15, 0.2) is 11.6 Å². The first kappa shape index (κ1) is 16.3. The van der Waals surface area contributed by atoms with Gasteiger partial charge in [0.2, 0.25) is 0 Å². The average molecular weight is 293 g/mol. The predicted molar refractivity (Wildman–Crippen MR) is 85.3 cm³/mol. The van der Waals surface area contributed by atoms with Gasteiger partial charge in [0, 0.05) is 0 Å². The molecule has 0 radical (unpaired) electrons. The van der Waals surface area contributed by atoms with Crippen molar-refractivity contribution in [1.82, 2.24) is 5.32 Å². The standard InChI is InChI=1S/C18H28FNO/c1-3-20-13-16-9-6-4-5-8-14(16)12-15-10-7-11-17(21-2)18(15)19/h7,10-11,14,16,20H,3-6,8-9,12-13H2,1-2H3. The summed E-state index contributed by atoms with van der Waals surface area (Å²) in [6.45, 7) is 4.22. The number of halogens is 1. The largest absolute Gasteiger partial charge is 0.494 e. The van der Waals surface area contributed by atoms with E-state index in [1.165, 1.54) is 39.2 Å². The number of hydrogen-bond donors (Lipinski definition) is 1. The van der Waals surface area contributed by atoms with Crippen LogP contribution in [0.4, 0.5) is 4.39 Å². The van der Waals surface area contributed by atoms with Gasteiger partial charge in [0.25, 0.3) is 0 Å². The summed E-state index contributed by atoms with van der Waals surface area (Å²) in [5.74, 6) is 1.43. The number of nitrogens with one attached hydrogen (secondary N) is 1. The SMILES string of the molecule is CCNCC1CCCCCC1Cc1cccc(OC)c1F. The van der Waals surface area contributed by atoms with Gasteiger partial charge in [-0.25, -0.2) is 4.39 Å². The minimum Gasteiger partial charge on any atom is -0.494 e. The highest BCUT2D eigenvalue weighted by atomic mass is 19.1. The third-order valence-electron chi connectivity index (χ3n) is 4.72. The number of benzene rings is 1. The lowest BCUT2D eigenvalue weighted by atomic mass is 9.83. The van der Waals surface area contributed by atoms with Crippen LogP contribution in [0.25, 0.3) is 0 Å². The lowest BCUT2D eigenvalue weighted by Crippen LogP contribution is -2.29. The molecule has 1 N–H and O–H groups in total. The van der Waals surface area contributed by atoms with E-state index in [9.17, 15) is 4.39 Å². The predicted octanol–water partition coefficient (Wildman–Crippen LogP) is 4.18. The Morgan fingerprint density at radius 1 is 1.19 bits per heavy atom. The van der Waals surface area contributed by atoms with Crippen LogP contribution in [0.5, 0.6) is 5.75 Å². The van der Waals surface area contributed by atoms with Crippen LogP contribution in [-0.4, -0.2) is 20.2 Å². The van der Waals surface area contributed by atoms with E-state index in [4.69, 9.17) is 4.74 Å². The molecule has 0 bridgehead atoms. The highest BCUT2D eigenvalue weighted by molar-refractivity contribution is 5.31. The maximum atomic E-state index is 14.4. The summed E-state index contributed by atoms with van der Waals surface area (Å²) in [7, 11) is 1.53. The van der Waals surface area contributed by atoms with E-state index in [0.717, 1.165) is 25.1 Å². The molecule has 0 saturated heterocycles. The van der Waals surface area contributed by atoms with Crippen LogP contribution in [-0.2, 0) is 6.42 Å². The van der Waals surface area contributed by atoms with Crippen LogP contribution in [0, 0.1) is 17.7 Å². The van der Waals surface area contributed by atoms with Gasteiger partial charge in [-0.3, -0.25) is 0 Å². The third kappa shape index (κ3) is 4.44. The van der Waals surface area contributed by atoms with E-state index in [2.05, 4.69) is 12.2 Å². The topological polar surface area (TPSA) is 21.3 Å². The van der Waals surface area contributed by atoms with Gasteiger partial charge in [0.05, 0.1) is 7.11 Å². The zero-order valence-corrected chi connectivity index (χ0v) is 13.3. The summed E-state index contributed by atoms with van der Waals surface area (Å²) in [6.07, 6.45) is 7.22. The van der Waals surface area contributed by atoms with E-state index in [-0.39, 0.29) is 5.82 Å². The monoisotopic (exact) mass is 293 g/mol. The summed E-state index contributed by atoms with van der Waals surface area (Å²) in [6, 6.07) is 5.50. The Morgan fingerprint density at radius 3 is 2.67 bits per heavy atom. The highest BCUT2D eigenvalue weighted by Gasteiger charge is 2.25. The van der Waals surface area contributed by atoms with Gasteiger partial charge in [-0.1, -0.05) is 38.3 Å². The van der Waals surface area contributed by atoms with Crippen LogP contribution >= 0.6 is 0 Å². The molecular weight excluding hydrogens is 265 g/mol. The quantitative estimate of drug-likeness (QED) is 0.794. The van der Waals surface area contributed by atoms with Crippen LogP contribution in [0.1, 0.15) is 44.6 Å². The molecule has 0 amide bonds. The van der Waals surface area contributed by atoms with Crippen molar-refractivity contribution < 1.29 is 9.13 Å². The van der Waals surface area contributed by atoms with Gasteiger partial charge in [-0.2, -0.15) is 0 Å². The van der Waals surface area contributed by atoms with Crippen LogP contribution in [0.2, 0.25) is 0 Å². The van der Waals surface area contributed by atoms with Gasteiger partial charge >= 0.3 is 0 Å². The Balaban J connectivity index is 2.10. The molecule has 118 valence electrons. The molecule has 1 saturated carbocycles. The smallest absolute Gasteiger partial charge is 0.168 e. The summed E-state index contributed by atoms with van der Waals surface area (Å²) < 4.78 is 19.5. The summed E-state index contributed by atoms with van der Waals surface area (Å²) in [4.78, 5) is 0. The van der Waals surface area contributed by atoms with Crippen LogP contribution in [0.3, 0.4) is 0 Å². The minimum absolute atomic E-state index is 0.175. The Hall–Kier alpha value is -1.09. The normalized spacial score (nSPS) is 22.8. The van der Waals surface area contributed by atoms with Crippen molar-refractivity contribution in [3.63, 3.8) is 0 Å². The van der Waals surface area contributed by atoms with Gasteiger partial charge in [0.1, 0.15) is 0 Å². The van der Waals surface area contributed by atoms with Crippen molar-refractivity contribution in [2.24, 2.45) is 11.8 Å². The molecule has 1 aliphatic carbocycles. The molecule has 2 nitrogen and oxygen atoms in total. The van der Waals surface area contributed by atoms with Crippen LogP contribution < -0.4 is 10.1 Å². The first-order valence-corrected chi connectivity index (χ1v) is 8.28. The molecule has 3 heteroatoms. The molecule has 2 atom stereocenters. The molecule has 0 heterocycles. The highest BCUT2D eigenvalue weighted by Crippen LogP contribution is 2.33. The van der Waals surface area contributed by atoms with Crippen molar-refractivity contribution in [2.75, 3.05) is 20.2 Å². The third-order valence-corrected chi connectivity index (χ3v) is 4.72. The molecule has 2 unspecified atom stereocenters. The second-order valence-electron chi connectivity index (χ2n) is 6.10. The second kappa shape index (κ2) is 8.38. The molecule has 2 rings (SSSR count). The number of rotatable bonds is 6. The second-order valence-corrected chi connectivity index (χ2v) is 6.10. The Labute approximate surface area is 128 Å². The Kier molecular flexibility index (Phi) is 6.50. The molecule has 0 spiro atoms. The van der Waals surface area contributed by atoms with Crippen molar-refractivity contribution in [3.8, 4) is 5.75 Å². The molecular formula is C18H28FNO. The lowest BCUT2D eigenvalue weighted by Gasteiger charge is -2.26. The molecule has 0 aromatic heterocycles. The summed E-state index contributed by atoms with van der Waals surface area (Å²) in [5, 5.41) is 3.48. The summed E-state index contributed by atoms with van der Waals surface area (Å²) >= 11 is 0. The number of hydrogen-bond acceptors (Lipinski definition) is 2. The maximum absolute atomic E-state index is 14.4. The van der Waals surface area contributed by atoms with Crippen molar-refractivity contribution in [3.05, 3.63) is 29.6 Å². The van der Waals surface area contributed by atoms with Gasteiger partial charge in [-0.15, -0.1) is 0 Å². The molecule has 1 aliphatic rings. The average Bonchev–Trinajstić information content (AvgIpc) is 2.72. The van der Waals surface area contributed by atoms with E-state index in [0.29, 0.717) is 17.6 Å². The molecule has 1 fully saturated rings. The van der Waals surface area contributed by atoms with Crippen molar-refractivity contribution in [2.45, 2.75) is 45.4 Å². The van der Waals surface area contributed by atoms with E-state index in [1.807, 2.05) is 12.1 Å². The first-order chi connectivity index (χ1) is 10.3. The zero-order chi connectivity index (χ0) is 15.1. The maximum Gasteiger partial charge on any atom is 0.168 e. The zero-order valence-electron chi connectivity index (χ0n) is 13.3. The fraction of sp³-hybridized carbons (Fsp3) is 0.667. The van der Waals surface area contributed by atoms with Crippen molar-refractivity contribution >= 4 is 0 Å². The fourth-order valence-corrected chi connectivity index (χ4v) is 3.48. The van der Waals surface area contributed by atoms with E-state index >= 15 is 0 Å². The Bertz CT molecular complexity index is 435. The van der Waals surface area contributed by atoms with Crippen LogP contribution in [0.15, 0.2) is 18.2 Å². The van der Waals surface area contributed by atoms with Gasteiger partial charge < -0.3 is 10.1 Å². The van der Waals surface area contributed by atoms with Crippen molar-refractivity contribution in [1.29, 1.82) is 0 Å². The molecule has 21 heavy (non-hydrogen) atoms. The Morgan fingerprint density at radius 2 is 1.95 bits per heavy atom.